The molecule has 1 heterocycles. The number of rotatable bonds is 7. The lowest BCUT2D eigenvalue weighted by atomic mass is 10.1. The smallest absolute Gasteiger partial charge is 0.303 e. The molecule has 0 aromatic heterocycles. The van der Waals surface area contributed by atoms with Gasteiger partial charge >= 0.3 is 5.97 Å². The summed E-state index contributed by atoms with van der Waals surface area (Å²) in [6.45, 7) is 2.77. The number of hydrogen-bond acceptors (Lipinski definition) is 4. The van der Waals surface area contributed by atoms with E-state index in [1.165, 1.54) is 33.5 Å². The molecule has 144 valence electrons. The molecule has 1 aliphatic rings. The van der Waals surface area contributed by atoms with Crippen LogP contribution in [0, 0.1) is 0 Å². The van der Waals surface area contributed by atoms with Crippen LogP contribution in [0.5, 0.6) is 0 Å². The zero-order valence-electron chi connectivity index (χ0n) is 15.2. The number of carbonyl (C=O) groups excluding carboxylic acids is 1. The largest absolute Gasteiger partial charge is 0.481 e. The van der Waals surface area contributed by atoms with E-state index in [4.69, 9.17) is 5.11 Å². The molecule has 0 radical (unpaired) electrons. The fraction of sp³-hybridized carbons (Fsp3) is 0.556. The maximum atomic E-state index is 12.8. The minimum Gasteiger partial charge on any atom is -0.481 e. The molecule has 0 spiro atoms. The standard InChI is InChI=1S/C18H26N2O5S/c1-14-6-3-4-13-20(14)26(24,25)16-10-8-15(9-11-16)18(23)19(2)12-5-7-17(21)22/h8-11,14H,3-7,12-13H2,1-2H3,(H,21,22). The van der Waals surface area contributed by atoms with E-state index >= 15 is 0 Å². The van der Waals surface area contributed by atoms with Crippen LogP contribution >= 0.6 is 0 Å². The Morgan fingerprint density at radius 2 is 1.88 bits per heavy atom. The first-order valence-electron chi connectivity index (χ1n) is 8.82. The summed E-state index contributed by atoms with van der Waals surface area (Å²) >= 11 is 0. The third-order valence-electron chi connectivity index (χ3n) is 4.68. The highest BCUT2D eigenvalue weighted by molar-refractivity contribution is 7.89. The Labute approximate surface area is 154 Å². The first-order valence-corrected chi connectivity index (χ1v) is 10.3. The molecule has 8 heteroatoms. The van der Waals surface area contributed by atoms with Gasteiger partial charge in [0.1, 0.15) is 0 Å². The summed E-state index contributed by atoms with van der Waals surface area (Å²) in [6.07, 6.45) is 3.13. The number of piperidine rings is 1. The number of aliphatic carboxylic acids is 1. The first-order chi connectivity index (χ1) is 12.2. The summed E-state index contributed by atoms with van der Waals surface area (Å²) in [5, 5.41) is 8.65. The average Bonchev–Trinajstić information content (AvgIpc) is 2.61. The maximum Gasteiger partial charge on any atom is 0.303 e. The van der Waals surface area contributed by atoms with Gasteiger partial charge in [0.05, 0.1) is 4.90 Å². The minimum absolute atomic E-state index is 0.00280. The van der Waals surface area contributed by atoms with Crippen LogP contribution in [-0.2, 0) is 14.8 Å². The van der Waals surface area contributed by atoms with Crippen molar-refractivity contribution in [2.45, 2.75) is 50.0 Å². The van der Waals surface area contributed by atoms with E-state index in [1.807, 2.05) is 6.92 Å². The van der Waals surface area contributed by atoms with Crippen molar-refractivity contribution in [2.24, 2.45) is 0 Å². The predicted molar refractivity (Wildman–Crippen MR) is 97.5 cm³/mol. The van der Waals surface area contributed by atoms with Crippen LogP contribution in [0.25, 0.3) is 0 Å². The number of carboxylic acid groups (broad SMARTS) is 1. The van der Waals surface area contributed by atoms with Gasteiger partial charge in [-0.2, -0.15) is 4.31 Å². The molecule has 1 N–H and O–H groups in total. The van der Waals surface area contributed by atoms with Gasteiger partial charge in [-0.25, -0.2) is 8.42 Å². The Balaban J connectivity index is 2.07. The molecule has 26 heavy (non-hydrogen) atoms. The maximum absolute atomic E-state index is 12.8. The third-order valence-corrected chi connectivity index (χ3v) is 6.71. The molecule has 0 bridgehead atoms. The molecule has 1 saturated heterocycles. The Morgan fingerprint density at radius 1 is 1.23 bits per heavy atom. The minimum atomic E-state index is -3.55. The second-order valence-electron chi connectivity index (χ2n) is 6.71. The van der Waals surface area contributed by atoms with Gasteiger partial charge in [-0.15, -0.1) is 0 Å². The second-order valence-corrected chi connectivity index (χ2v) is 8.60. The Hall–Kier alpha value is -1.93. The van der Waals surface area contributed by atoms with E-state index in [-0.39, 0.29) is 23.3 Å². The van der Waals surface area contributed by atoms with Crippen molar-refractivity contribution in [1.82, 2.24) is 9.21 Å². The second kappa shape index (κ2) is 8.64. The highest BCUT2D eigenvalue weighted by Crippen LogP contribution is 2.25. The lowest BCUT2D eigenvalue weighted by Crippen LogP contribution is -2.41. The van der Waals surface area contributed by atoms with Crippen molar-refractivity contribution in [1.29, 1.82) is 0 Å². The van der Waals surface area contributed by atoms with E-state index in [2.05, 4.69) is 0 Å². The van der Waals surface area contributed by atoms with Gasteiger partial charge in [-0.05, 0) is 50.5 Å². The summed E-state index contributed by atoms with van der Waals surface area (Å²) in [4.78, 5) is 24.5. The van der Waals surface area contributed by atoms with Gasteiger partial charge in [0.15, 0.2) is 0 Å². The highest BCUT2D eigenvalue weighted by Gasteiger charge is 2.31. The molecule has 1 unspecified atom stereocenters. The zero-order valence-corrected chi connectivity index (χ0v) is 16.0. The topological polar surface area (TPSA) is 95.0 Å². The van der Waals surface area contributed by atoms with Crippen molar-refractivity contribution in [3.05, 3.63) is 29.8 Å². The monoisotopic (exact) mass is 382 g/mol. The normalized spacial score (nSPS) is 18.5. The molecular formula is C18H26N2O5S. The molecule has 1 aromatic carbocycles. The fourth-order valence-electron chi connectivity index (χ4n) is 3.12. The van der Waals surface area contributed by atoms with Gasteiger partial charge < -0.3 is 10.0 Å². The predicted octanol–water partition coefficient (Wildman–Crippen LogP) is 2.19. The van der Waals surface area contributed by atoms with Gasteiger partial charge in [0.2, 0.25) is 10.0 Å². The number of benzene rings is 1. The number of carbonyl (C=O) groups is 2. The molecular weight excluding hydrogens is 356 g/mol. The number of amides is 1. The summed E-state index contributed by atoms with van der Waals surface area (Å²) in [5.74, 6) is -1.15. The lowest BCUT2D eigenvalue weighted by molar-refractivity contribution is -0.137. The lowest BCUT2D eigenvalue weighted by Gasteiger charge is -2.32. The number of hydrogen-bond donors (Lipinski definition) is 1. The first kappa shape index (κ1) is 20.4. The van der Waals surface area contributed by atoms with E-state index in [9.17, 15) is 18.0 Å². The van der Waals surface area contributed by atoms with Crippen molar-refractivity contribution < 1.29 is 23.1 Å². The Bertz CT molecular complexity index is 745. The van der Waals surface area contributed by atoms with E-state index in [0.717, 1.165) is 19.3 Å². The van der Waals surface area contributed by atoms with Crippen LogP contribution in [0.1, 0.15) is 49.4 Å². The van der Waals surface area contributed by atoms with Crippen LogP contribution in [0.15, 0.2) is 29.2 Å². The number of sulfonamides is 1. The molecule has 1 fully saturated rings. The van der Waals surface area contributed by atoms with Crippen molar-refractivity contribution in [3.63, 3.8) is 0 Å². The van der Waals surface area contributed by atoms with Gasteiger partial charge in [-0.3, -0.25) is 9.59 Å². The van der Waals surface area contributed by atoms with Gasteiger partial charge in [0, 0.05) is 38.2 Å². The van der Waals surface area contributed by atoms with Crippen LogP contribution in [0.4, 0.5) is 0 Å². The Morgan fingerprint density at radius 3 is 2.46 bits per heavy atom. The highest BCUT2D eigenvalue weighted by atomic mass is 32.2. The average molecular weight is 382 g/mol. The van der Waals surface area contributed by atoms with Crippen LogP contribution in [0.2, 0.25) is 0 Å². The number of carboxylic acids is 1. The van der Waals surface area contributed by atoms with Crippen LogP contribution in [-0.4, -0.2) is 60.8 Å². The molecule has 1 atom stereocenters. The molecule has 7 nitrogen and oxygen atoms in total. The van der Waals surface area contributed by atoms with E-state index < -0.39 is 16.0 Å². The van der Waals surface area contributed by atoms with Crippen molar-refractivity contribution in [3.8, 4) is 0 Å². The zero-order chi connectivity index (χ0) is 19.3. The molecule has 1 aliphatic heterocycles. The third kappa shape index (κ3) is 4.82. The van der Waals surface area contributed by atoms with Crippen LogP contribution < -0.4 is 0 Å². The van der Waals surface area contributed by atoms with Crippen molar-refractivity contribution >= 4 is 21.9 Å². The van der Waals surface area contributed by atoms with Gasteiger partial charge in [0.25, 0.3) is 5.91 Å². The SMILES string of the molecule is CC1CCCCN1S(=O)(=O)c1ccc(C(=O)N(C)CCCC(=O)O)cc1. The summed E-state index contributed by atoms with van der Waals surface area (Å²) in [7, 11) is -1.95. The van der Waals surface area contributed by atoms with Crippen LogP contribution in [0.3, 0.4) is 0 Å². The molecule has 1 amide bonds. The fourth-order valence-corrected chi connectivity index (χ4v) is 4.82. The van der Waals surface area contributed by atoms with E-state index in [1.54, 1.807) is 7.05 Å². The summed E-state index contributed by atoms with van der Waals surface area (Å²) in [6, 6.07) is 5.94. The van der Waals surface area contributed by atoms with Gasteiger partial charge in [-0.1, -0.05) is 6.42 Å². The van der Waals surface area contributed by atoms with E-state index in [0.29, 0.717) is 25.1 Å². The quantitative estimate of drug-likeness (QED) is 0.780. The molecule has 2 rings (SSSR count). The summed E-state index contributed by atoms with van der Waals surface area (Å²) < 4.78 is 27.1. The number of nitrogens with zero attached hydrogens (tertiary/aromatic N) is 2. The van der Waals surface area contributed by atoms with Crippen molar-refractivity contribution in [2.75, 3.05) is 20.1 Å². The summed E-state index contributed by atoms with van der Waals surface area (Å²) in [5.41, 5.74) is 0.383. The molecule has 0 aliphatic carbocycles. The molecule has 1 aromatic rings. The molecule has 0 saturated carbocycles. The Kier molecular flexibility index (Phi) is 6.77.